The number of aromatic carboxylic acids is 1. The minimum Gasteiger partial charge on any atom is -0.494 e. The van der Waals surface area contributed by atoms with Crippen molar-refractivity contribution in [2.24, 2.45) is 14.1 Å². The highest BCUT2D eigenvalue weighted by Crippen LogP contribution is 2.43. The average Bonchev–Trinajstić information content (AvgIpc) is 3.64. The first-order valence-corrected chi connectivity index (χ1v) is 17.4. The van der Waals surface area contributed by atoms with Gasteiger partial charge in [0, 0.05) is 65.5 Å². The van der Waals surface area contributed by atoms with Gasteiger partial charge in [0.1, 0.15) is 11.4 Å². The molecule has 0 spiro atoms. The first kappa shape index (κ1) is 33.7. The van der Waals surface area contributed by atoms with Crippen LogP contribution < -0.4 is 9.64 Å². The highest BCUT2D eigenvalue weighted by molar-refractivity contribution is 6.35. The van der Waals surface area contributed by atoms with Crippen LogP contribution >= 0.6 is 23.2 Å². The van der Waals surface area contributed by atoms with Crippen LogP contribution in [-0.2, 0) is 27.1 Å². The SMILES string of the molecule is Cc1cc(OCCCc2c3n(c4c(-c5c(C)nn(C)c5C)c(Cl)ccc24)CCCN(c2cc(C(=O)O)c4cnn(C)c4c2)C3=O)cc(C)c1Cl. The van der Waals surface area contributed by atoms with Crippen LogP contribution in [0, 0.1) is 27.7 Å². The van der Waals surface area contributed by atoms with Gasteiger partial charge in [0.2, 0.25) is 0 Å². The Morgan fingerprint density at radius 1 is 0.960 bits per heavy atom. The van der Waals surface area contributed by atoms with Crippen molar-refractivity contribution in [2.75, 3.05) is 18.1 Å². The summed E-state index contributed by atoms with van der Waals surface area (Å²) in [6.45, 7) is 9.33. The number of carbonyl (C=O) groups excluding carboxylic acids is 1. The highest BCUT2D eigenvalue weighted by Gasteiger charge is 2.33. The first-order chi connectivity index (χ1) is 23.9. The molecule has 3 aromatic carbocycles. The minimum absolute atomic E-state index is 0.102. The third kappa shape index (κ3) is 5.51. The van der Waals surface area contributed by atoms with Crippen molar-refractivity contribution in [2.45, 2.75) is 53.5 Å². The third-order valence-electron chi connectivity index (χ3n) is 9.89. The van der Waals surface area contributed by atoms with E-state index in [0.717, 1.165) is 60.9 Å². The number of aryl methyl sites for hydroxylation is 7. The van der Waals surface area contributed by atoms with Gasteiger partial charge in [-0.25, -0.2) is 4.79 Å². The molecule has 50 heavy (non-hydrogen) atoms. The number of halogens is 2. The fraction of sp³-hybridized carbons (Fsp3) is 0.316. The average molecular weight is 714 g/mol. The molecule has 0 aliphatic carbocycles. The molecule has 0 bridgehead atoms. The minimum atomic E-state index is -1.07. The molecule has 6 aromatic rings. The van der Waals surface area contributed by atoms with Gasteiger partial charge in [0.05, 0.1) is 40.1 Å². The van der Waals surface area contributed by atoms with Gasteiger partial charge in [0.15, 0.2) is 0 Å². The van der Waals surface area contributed by atoms with E-state index in [9.17, 15) is 14.7 Å². The number of carboxylic acids is 1. The summed E-state index contributed by atoms with van der Waals surface area (Å²) in [6.07, 6.45) is 3.40. The summed E-state index contributed by atoms with van der Waals surface area (Å²) < 4.78 is 11.8. The summed E-state index contributed by atoms with van der Waals surface area (Å²) in [7, 11) is 3.68. The molecule has 4 heterocycles. The Bertz CT molecular complexity index is 2350. The molecule has 0 fully saturated rings. The van der Waals surface area contributed by atoms with E-state index in [2.05, 4.69) is 14.8 Å². The molecule has 12 heteroatoms. The quantitative estimate of drug-likeness (QED) is 0.159. The lowest BCUT2D eigenvalue weighted by Crippen LogP contribution is -2.32. The van der Waals surface area contributed by atoms with Gasteiger partial charge in [0.25, 0.3) is 5.91 Å². The predicted molar refractivity (Wildman–Crippen MR) is 197 cm³/mol. The van der Waals surface area contributed by atoms with Crippen molar-refractivity contribution < 1.29 is 19.4 Å². The van der Waals surface area contributed by atoms with E-state index in [4.69, 9.17) is 27.9 Å². The molecule has 0 saturated carbocycles. The lowest BCUT2D eigenvalue weighted by atomic mass is 9.98. The molecule has 7 rings (SSSR count). The monoisotopic (exact) mass is 712 g/mol. The molecule has 0 saturated heterocycles. The Balaban J connectivity index is 1.37. The van der Waals surface area contributed by atoms with E-state index in [1.807, 2.05) is 69.8 Å². The largest absolute Gasteiger partial charge is 0.494 e. The summed E-state index contributed by atoms with van der Waals surface area (Å²) in [5, 5.41) is 21.9. The number of aromatic nitrogens is 5. The summed E-state index contributed by atoms with van der Waals surface area (Å²) in [5.74, 6) is -0.517. The second kappa shape index (κ2) is 12.8. The summed E-state index contributed by atoms with van der Waals surface area (Å²) in [5.41, 5.74) is 9.17. The number of carbonyl (C=O) groups is 2. The molecule has 1 amide bonds. The maximum Gasteiger partial charge on any atom is 0.336 e. The van der Waals surface area contributed by atoms with E-state index < -0.39 is 5.97 Å². The van der Waals surface area contributed by atoms with Crippen molar-refractivity contribution in [3.63, 3.8) is 0 Å². The Morgan fingerprint density at radius 3 is 2.38 bits per heavy atom. The van der Waals surface area contributed by atoms with E-state index in [0.29, 0.717) is 66.3 Å². The third-order valence-corrected chi connectivity index (χ3v) is 10.8. The lowest BCUT2D eigenvalue weighted by Gasteiger charge is -2.22. The number of hydrogen-bond acceptors (Lipinski definition) is 5. The predicted octanol–water partition coefficient (Wildman–Crippen LogP) is 8.23. The van der Waals surface area contributed by atoms with Crippen LogP contribution in [0.15, 0.2) is 42.6 Å². The Labute approximate surface area is 299 Å². The highest BCUT2D eigenvalue weighted by atomic mass is 35.5. The maximum atomic E-state index is 14.9. The smallest absolute Gasteiger partial charge is 0.336 e. The van der Waals surface area contributed by atoms with Gasteiger partial charge in [-0.3, -0.25) is 14.2 Å². The Kier molecular flexibility index (Phi) is 8.64. The second-order valence-corrected chi connectivity index (χ2v) is 13.9. The van der Waals surface area contributed by atoms with Crippen LogP contribution in [0.5, 0.6) is 5.75 Å². The topological polar surface area (TPSA) is 107 Å². The van der Waals surface area contributed by atoms with Gasteiger partial charge < -0.3 is 19.3 Å². The molecule has 0 atom stereocenters. The van der Waals surface area contributed by atoms with Crippen LogP contribution in [0.4, 0.5) is 5.69 Å². The first-order valence-electron chi connectivity index (χ1n) is 16.6. The van der Waals surface area contributed by atoms with E-state index in [1.54, 1.807) is 28.9 Å². The molecule has 1 aliphatic heterocycles. The number of fused-ring (bicyclic) bond motifs is 4. The van der Waals surface area contributed by atoms with Crippen molar-refractivity contribution in [3.8, 4) is 16.9 Å². The number of nitrogens with zero attached hydrogens (tertiary/aromatic N) is 6. The molecular formula is C38H38Cl2N6O4. The number of carboxylic acid groups (broad SMARTS) is 1. The van der Waals surface area contributed by atoms with E-state index in [1.165, 1.54) is 0 Å². The van der Waals surface area contributed by atoms with Crippen LogP contribution in [0.1, 0.15) is 61.8 Å². The summed E-state index contributed by atoms with van der Waals surface area (Å²) >= 11 is 13.4. The van der Waals surface area contributed by atoms with Gasteiger partial charge in [-0.05, 0) is 94.0 Å². The van der Waals surface area contributed by atoms with Crippen LogP contribution in [0.2, 0.25) is 10.0 Å². The molecule has 3 aromatic heterocycles. The van der Waals surface area contributed by atoms with Gasteiger partial charge in [-0.1, -0.05) is 29.3 Å². The molecule has 0 radical (unpaired) electrons. The maximum absolute atomic E-state index is 14.9. The Hall–Kier alpha value is -4.80. The second-order valence-electron chi connectivity index (χ2n) is 13.1. The van der Waals surface area contributed by atoms with Crippen LogP contribution in [-0.4, -0.2) is 54.3 Å². The van der Waals surface area contributed by atoms with E-state index >= 15 is 0 Å². The summed E-state index contributed by atoms with van der Waals surface area (Å²) in [4.78, 5) is 29.0. The van der Waals surface area contributed by atoms with Gasteiger partial charge in [-0.2, -0.15) is 10.2 Å². The molecule has 1 N–H and O–H groups in total. The van der Waals surface area contributed by atoms with Crippen LogP contribution in [0.3, 0.4) is 0 Å². The molecular weight excluding hydrogens is 675 g/mol. The number of benzene rings is 3. The zero-order chi connectivity index (χ0) is 35.6. The zero-order valence-electron chi connectivity index (χ0n) is 28.9. The zero-order valence-corrected chi connectivity index (χ0v) is 30.4. The van der Waals surface area contributed by atoms with Crippen LogP contribution in [0.25, 0.3) is 32.9 Å². The van der Waals surface area contributed by atoms with Crippen molar-refractivity contribution in [1.82, 2.24) is 24.1 Å². The van der Waals surface area contributed by atoms with Gasteiger partial charge >= 0.3 is 5.97 Å². The molecule has 1 aliphatic rings. The van der Waals surface area contributed by atoms with Crippen molar-refractivity contribution in [1.29, 1.82) is 0 Å². The number of hydrogen-bond donors (Lipinski definition) is 1. The fourth-order valence-corrected chi connectivity index (χ4v) is 7.80. The number of ether oxygens (including phenoxy) is 1. The fourth-order valence-electron chi connectivity index (χ4n) is 7.44. The number of anilines is 1. The van der Waals surface area contributed by atoms with Crippen molar-refractivity contribution in [3.05, 3.63) is 92.0 Å². The lowest BCUT2D eigenvalue weighted by molar-refractivity contribution is 0.0698. The molecule has 258 valence electrons. The number of rotatable bonds is 8. The normalized spacial score (nSPS) is 13.4. The Morgan fingerprint density at radius 2 is 1.70 bits per heavy atom. The standard InChI is InChI=1S/C38H38Cl2N6O4/c1-20-15-25(16-21(2)34(20)40)50-14-7-9-26-27-10-11-30(39)33(32-22(3)42-43(5)23(32)4)35(27)46-13-8-12-45(37(47)36(26)46)24-17-28(38(48)49)29-19-41-44(6)31(29)18-24/h10-11,15-19H,7-9,12-14H2,1-6H3,(H,48,49). The van der Waals surface area contributed by atoms with E-state index in [-0.39, 0.29) is 11.5 Å². The summed E-state index contributed by atoms with van der Waals surface area (Å²) in [6, 6.07) is 11.2. The molecule has 0 unspecified atom stereocenters. The van der Waals surface area contributed by atoms with Gasteiger partial charge in [-0.15, -0.1) is 0 Å². The molecule has 10 nitrogen and oxygen atoms in total. The van der Waals surface area contributed by atoms with Crippen molar-refractivity contribution >= 4 is 62.6 Å². The number of amides is 1.